The molecule has 0 saturated carbocycles. The van der Waals surface area contributed by atoms with Crippen molar-refractivity contribution in [1.29, 1.82) is 0 Å². The largest absolute Gasteiger partial charge is 0.404 e. The van der Waals surface area contributed by atoms with Gasteiger partial charge in [-0.05, 0) is 21.0 Å². The van der Waals surface area contributed by atoms with Crippen LogP contribution in [0.25, 0.3) is 0 Å². The smallest absolute Gasteiger partial charge is 0.261 e. The summed E-state index contributed by atoms with van der Waals surface area (Å²) in [5.74, 6) is 0. The highest BCUT2D eigenvalue weighted by molar-refractivity contribution is 6.99. The fraction of sp³-hybridized carbons (Fsp3) is 0.333. The van der Waals surface area contributed by atoms with Gasteiger partial charge in [-0.3, -0.25) is 0 Å². The summed E-state index contributed by atoms with van der Waals surface area (Å²) < 4.78 is 19.2. The van der Waals surface area contributed by atoms with Gasteiger partial charge in [-0.25, -0.2) is 0 Å². The van der Waals surface area contributed by atoms with Gasteiger partial charge in [0, 0.05) is 0 Å². The van der Waals surface area contributed by atoms with E-state index in [0.717, 1.165) is 15.9 Å². The van der Waals surface area contributed by atoms with Gasteiger partial charge in [0.25, 0.3) is 8.32 Å². The van der Waals surface area contributed by atoms with E-state index >= 15 is 0 Å². The summed E-state index contributed by atoms with van der Waals surface area (Å²) in [5.41, 5.74) is -0.280. The molecule has 6 heteroatoms. The lowest BCUT2D eigenvalue weighted by Crippen LogP contribution is -2.68. The lowest BCUT2D eigenvalue weighted by molar-refractivity contribution is -0.156. The molecule has 1 aliphatic heterocycles. The second-order valence-electron chi connectivity index (χ2n) is 10.3. The molecular weight excluding hydrogens is 468 g/mol. The predicted octanol–water partition coefficient (Wildman–Crippen LogP) is 3.78. The number of aliphatic hydroxyl groups excluding tert-OH is 2. The molecule has 1 fully saturated rings. The Kier molecular flexibility index (Phi) is 7.95. The highest BCUT2D eigenvalue weighted by Gasteiger charge is 2.57. The van der Waals surface area contributed by atoms with Crippen molar-refractivity contribution in [1.82, 2.24) is 0 Å². The van der Waals surface area contributed by atoms with E-state index in [2.05, 4.69) is 51.6 Å². The fourth-order valence-electron chi connectivity index (χ4n) is 5.12. The molecule has 1 aliphatic rings. The van der Waals surface area contributed by atoms with E-state index in [0.29, 0.717) is 0 Å². The van der Waals surface area contributed by atoms with Crippen molar-refractivity contribution in [2.75, 3.05) is 6.61 Å². The van der Waals surface area contributed by atoms with Crippen molar-refractivity contribution in [3.8, 4) is 0 Å². The molecule has 0 bridgehead atoms. The average Bonchev–Trinajstić information content (AvgIpc) is 3.13. The summed E-state index contributed by atoms with van der Waals surface area (Å²) in [5, 5.41) is 23.4. The first kappa shape index (κ1) is 26.5. The van der Waals surface area contributed by atoms with Gasteiger partial charge >= 0.3 is 0 Å². The molecule has 36 heavy (non-hydrogen) atoms. The molecule has 0 amide bonds. The molecule has 190 valence electrons. The minimum atomic E-state index is -2.89. The zero-order valence-electron chi connectivity index (χ0n) is 21.2. The van der Waals surface area contributed by atoms with Crippen molar-refractivity contribution in [3.05, 3.63) is 109 Å². The molecule has 1 saturated heterocycles. The van der Waals surface area contributed by atoms with Crippen LogP contribution in [0.4, 0.5) is 0 Å². The standard InChI is InChI=1S/C30H36O5Si/c1-5-30(27(26(31)28(32)35-30)33-21-23-15-9-6-10-16-23)22-34-36(29(2,3)4,24-17-11-7-12-18-24)25-19-13-8-14-20-25/h5-20,26-28,31-32H,1,21-22H2,2-4H3/t26-,27+,28-,30-/m1/s1. The third-order valence-corrected chi connectivity index (χ3v) is 12.0. The molecule has 5 nitrogen and oxygen atoms in total. The van der Waals surface area contributed by atoms with E-state index in [1.165, 1.54) is 0 Å². The van der Waals surface area contributed by atoms with Crippen LogP contribution in [0, 0.1) is 0 Å². The van der Waals surface area contributed by atoms with Crippen LogP contribution in [-0.2, 0) is 20.5 Å². The quantitative estimate of drug-likeness (QED) is 0.343. The molecule has 0 radical (unpaired) electrons. The van der Waals surface area contributed by atoms with E-state index in [9.17, 15) is 10.2 Å². The van der Waals surface area contributed by atoms with Crippen LogP contribution < -0.4 is 10.4 Å². The highest BCUT2D eigenvalue weighted by atomic mass is 28.4. The van der Waals surface area contributed by atoms with E-state index in [-0.39, 0.29) is 18.3 Å². The van der Waals surface area contributed by atoms with E-state index in [1.54, 1.807) is 6.08 Å². The lowest BCUT2D eigenvalue weighted by Gasteiger charge is -2.45. The van der Waals surface area contributed by atoms with Gasteiger partial charge in [0.1, 0.15) is 17.8 Å². The maximum Gasteiger partial charge on any atom is 0.261 e. The van der Waals surface area contributed by atoms with Gasteiger partial charge in [-0.2, -0.15) is 0 Å². The maximum absolute atomic E-state index is 10.8. The molecule has 0 aliphatic carbocycles. The van der Waals surface area contributed by atoms with Crippen molar-refractivity contribution in [2.45, 2.75) is 56.5 Å². The highest BCUT2D eigenvalue weighted by Crippen LogP contribution is 2.40. The fourth-order valence-corrected chi connectivity index (χ4v) is 9.72. The van der Waals surface area contributed by atoms with Crippen molar-refractivity contribution < 1.29 is 24.1 Å². The van der Waals surface area contributed by atoms with Crippen LogP contribution >= 0.6 is 0 Å². The van der Waals surface area contributed by atoms with Crippen LogP contribution in [0.15, 0.2) is 104 Å². The molecule has 0 unspecified atom stereocenters. The summed E-state index contributed by atoms with van der Waals surface area (Å²) in [6.45, 7) is 10.9. The number of hydrogen-bond acceptors (Lipinski definition) is 5. The van der Waals surface area contributed by atoms with Crippen molar-refractivity contribution in [3.63, 3.8) is 0 Å². The van der Waals surface area contributed by atoms with E-state index < -0.39 is 32.4 Å². The van der Waals surface area contributed by atoms with Gasteiger partial charge in [0.05, 0.1) is 13.2 Å². The monoisotopic (exact) mass is 504 g/mol. The second-order valence-corrected chi connectivity index (χ2v) is 14.6. The number of aliphatic hydroxyl groups is 2. The van der Waals surface area contributed by atoms with E-state index in [4.69, 9.17) is 13.9 Å². The Morgan fingerprint density at radius 2 is 1.39 bits per heavy atom. The Labute approximate surface area is 215 Å². The van der Waals surface area contributed by atoms with Crippen molar-refractivity contribution >= 4 is 18.7 Å². The third kappa shape index (κ3) is 4.98. The van der Waals surface area contributed by atoms with E-state index in [1.807, 2.05) is 66.7 Å². The molecule has 3 aromatic carbocycles. The normalized spacial score (nSPS) is 24.5. The first-order valence-corrected chi connectivity index (χ1v) is 14.2. The Bertz CT molecular complexity index is 1080. The Morgan fingerprint density at radius 1 is 0.889 bits per heavy atom. The number of hydrogen-bond donors (Lipinski definition) is 2. The second kappa shape index (κ2) is 10.8. The van der Waals surface area contributed by atoms with Crippen LogP contribution in [0.2, 0.25) is 5.04 Å². The molecule has 1 heterocycles. The van der Waals surface area contributed by atoms with Gasteiger partial charge in [-0.15, -0.1) is 6.58 Å². The SMILES string of the molecule is C=C[C@]1(CO[Si](c2ccccc2)(c2ccccc2)C(C)(C)C)O[C@@H](O)[C@H](O)[C@@H]1OCc1ccccc1. The first-order chi connectivity index (χ1) is 17.2. The zero-order chi connectivity index (χ0) is 25.8. The van der Waals surface area contributed by atoms with Crippen LogP contribution in [0.1, 0.15) is 26.3 Å². The van der Waals surface area contributed by atoms with Gasteiger partial charge in [-0.1, -0.05) is 118 Å². The lowest BCUT2D eigenvalue weighted by atomic mass is 9.96. The topological polar surface area (TPSA) is 68.2 Å². The summed E-state index contributed by atoms with van der Waals surface area (Å²) in [7, 11) is -2.89. The van der Waals surface area contributed by atoms with Gasteiger partial charge in [0.2, 0.25) is 0 Å². The summed E-state index contributed by atoms with van der Waals surface area (Å²) in [6, 6.07) is 30.3. The van der Waals surface area contributed by atoms with Crippen LogP contribution in [0.3, 0.4) is 0 Å². The third-order valence-electron chi connectivity index (χ3n) is 6.97. The van der Waals surface area contributed by atoms with Crippen LogP contribution in [0.5, 0.6) is 0 Å². The zero-order valence-corrected chi connectivity index (χ0v) is 22.2. The number of rotatable bonds is 9. The summed E-state index contributed by atoms with van der Waals surface area (Å²) in [6.07, 6.45) is -1.91. The molecule has 4 atom stereocenters. The number of ether oxygens (including phenoxy) is 2. The predicted molar refractivity (Wildman–Crippen MR) is 145 cm³/mol. The van der Waals surface area contributed by atoms with Crippen LogP contribution in [-0.4, -0.2) is 49.2 Å². The minimum absolute atomic E-state index is 0.0668. The summed E-state index contributed by atoms with van der Waals surface area (Å²) in [4.78, 5) is 0. The van der Waals surface area contributed by atoms with Gasteiger partial charge < -0.3 is 24.1 Å². The Hall–Kier alpha value is -2.58. The Balaban J connectivity index is 1.72. The molecule has 0 aromatic heterocycles. The first-order valence-electron chi connectivity index (χ1n) is 12.3. The molecule has 0 spiro atoms. The Morgan fingerprint density at radius 3 is 1.86 bits per heavy atom. The number of benzene rings is 3. The molecule has 4 rings (SSSR count). The van der Waals surface area contributed by atoms with Gasteiger partial charge in [0.15, 0.2) is 6.29 Å². The van der Waals surface area contributed by atoms with Crippen molar-refractivity contribution in [2.24, 2.45) is 0 Å². The maximum atomic E-state index is 10.8. The minimum Gasteiger partial charge on any atom is -0.404 e. The average molecular weight is 505 g/mol. The molecular formula is C30H36O5Si. The molecule has 3 aromatic rings. The summed E-state index contributed by atoms with van der Waals surface area (Å²) >= 11 is 0. The molecule has 2 N–H and O–H groups in total.